The van der Waals surface area contributed by atoms with E-state index in [0.29, 0.717) is 6.54 Å². The lowest BCUT2D eigenvalue weighted by atomic mass is 10.1. The van der Waals surface area contributed by atoms with Crippen molar-refractivity contribution in [2.75, 3.05) is 12.1 Å². The van der Waals surface area contributed by atoms with Crippen molar-refractivity contribution in [3.05, 3.63) is 51.0 Å². The number of ether oxygens (including phenoxy) is 2. The molecule has 3 rings (SSSR count). The van der Waals surface area contributed by atoms with Crippen molar-refractivity contribution in [3.8, 4) is 11.5 Å². The van der Waals surface area contributed by atoms with Crippen LogP contribution in [0.2, 0.25) is 5.02 Å². The molecule has 0 amide bonds. The molecule has 1 N–H and O–H groups in total. The molecule has 0 bridgehead atoms. The minimum Gasteiger partial charge on any atom is -0.454 e. The van der Waals surface area contributed by atoms with E-state index >= 15 is 0 Å². The van der Waals surface area contributed by atoms with Crippen LogP contribution in [0.1, 0.15) is 11.1 Å². The Morgan fingerprint density at radius 3 is 2.90 bits per heavy atom. The largest absolute Gasteiger partial charge is 0.454 e. The first-order valence-electron chi connectivity index (χ1n) is 6.21. The van der Waals surface area contributed by atoms with E-state index in [2.05, 4.69) is 21.2 Å². The summed E-state index contributed by atoms with van der Waals surface area (Å²) in [7, 11) is 0. The van der Waals surface area contributed by atoms with E-state index in [1.165, 1.54) is 0 Å². The quantitative estimate of drug-likeness (QED) is 0.862. The highest BCUT2D eigenvalue weighted by Gasteiger charge is 2.17. The van der Waals surface area contributed by atoms with Gasteiger partial charge in [0.1, 0.15) is 0 Å². The standard InChI is InChI=1S/C15H13BrClNO2/c1-9-4-11(17)2-3-13(9)18-7-10-5-12(16)15-14(6-10)19-8-20-15/h2-6,18H,7-8H2,1H3. The third kappa shape index (κ3) is 2.72. The number of hydrogen-bond donors (Lipinski definition) is 1. The number of anilines is 1. The van der Waals surface area contributed by atoms with Crippen LogP contribution in [0.25, 0.3) is 0 Å². The third-order valence-electron chi connectivity index (χ3n) is 3.16. The smallest absolute Gasteiger partial charge is 0.231 e. The van der Waals surface area contributed by atoms with Gasteiger partial charge in [-0.2, -0.15) is 0 Å². The lowest BCUT2D eigenvalue weighted by Crippen LogP contribution is -2.01. The van der Waals surface area contributed by atoms with E-state index in [4.69, 9.17) is 21.1 Å². The van der Waals surface area contributed by atoms with Crippen molar-refractivity contribution in [3.63, 3.8) is 0 Å². The van der Waals surface area contributed by atoms with Gasteiger partial charge in [0.15, 0.2) is 11.5 Å². The average Bonchev–Trinajstić information content (AvgIpc) is 2.86. The van der Waals surface area contributed by atoms with Crippen molar-refractivity contribution >= 4 is 33.2 Å². The maximum Gasteiger partial charge on any atom is 0.231 e. The molecular formula is C15H13BrClNO2. The summed E-state index contributed by atoms with van der Waals surface area (Å²) in [5.41, 5.74) is 3.32. The van der Waals surface area contributed by atoms with E-state index in [9.17, 15) is 0 Å². The summed E-state index contributed by atoms with van der Waals surface area (Å²) in [5.74, 6) is 1.56. The number of nitrogens with one attached hydrogen (secondary N) is 1. The normalized spacial score (nSPS) is 12.6. The SMILES string of the molecule is Cc1cc(Cl)ccc1NCc1cc(Br)c2c(c1)OCO2. The van der Waals surface area contributed by atoms with Crippen molar-refractivity contribution in [2.24, 2.45) is 0 Å². The molecule has 0 aliphatic carbocycles. The zero-order valence-electron chi connectivity index (χ0n) is 10.9. The van der Waals surface area contributed by atoms with Gasteiger partial charge in [-0.3, -0.25) is 0 Å². The molecule has 0 saturated carbocycles. The molecule has 5 heteroatoms. The fraction of sp³-hybridized carbons (Fsp3) is 0.200. The van der Waals surface area contributed by atoms with E-state index < -0.39 is 0 Å². The highest BCUT2D eigenvalue weighted by atomic mass is 79.9. The zero-order chi connectivity index (χ0) is 14.1. The Balaban J connectivity index is 1.77. The summed E-state index contributed by atoms with van der Waals surface area (Å²) >= 11 is 9.45. The lowest BCUT2D eigenvalue weighted by Gasteiger charge is -2.11. The number of rotatable bonds is 3. The van der Waals surface area contributed by atoms with Crippen LogP contribution in [0.15, 0.2) is 34.8 Å². The van der Waals surface area contributed by atoms with Gasteiger partial charge in [0.2, 0.25) is 6.79 Å². The van der Waals surface area contributed by atoms with Crippen LogP contribution < -0.4 is 14.8 Å². The molecule has 3 nitrogen and oxygen atoms in total. The Morgan fingerprint density at radius 1 is 1.25 bits per heavy atom. The number of aryl methyl sites for hydroxylation is 1. The number of halogens is 2. The van der Waals surface area contributed by atoms with Gasteiger partial charge in [0.05, 0.1) is 4.47 Å². The van der Waals surface area contributed by atoms with Gasteiger partial charge in [-0.25, -0.2) is 0 Å². The molecule has 0 aromatic heterocycles. The molecule has 0 spiro atoms. The van der Waals surface area contributed by atoms with E-state index in [1.807, 2.05) is 37.3 Å². The minimum absolute atomic E-state index is 0.279. The van der Waals surface area contributed by atoms with Gasteiger partial charge >= 0.3 is 0 Å². The zero-order valence-corrected chi connectivity index (χ0v) is 13.2. The lowest BCUT2D eigenvalue weighted by molar-refractivity contribution is 0.173. The Bertz CT molecular complexity index is 661. The van der Waals surface area contributed by atoms with Gasteiger partial charge in [-0.05, 0) is 64.3 Å². The monoisotopic (exact) mass is 353 g/mol. The van der Waals surface area contributed by atoms with Crippen LogP contribution in [0.4, 0.5) is 5.69 Å². The van der Waals surface area contributed by atoms with Gasteiger partial charge in [0.25, 0.3) is 0 Å². The third-order valence-corrected chi connectivity index (χ3v) is 3.98. The molecule has 104 valence electrons. The Labute approximate surface area is 131 Å². The van der Waals surface area contributed by atoms with Crippen LogP contribution in [0, 0.1) is 6.92 Å². The fourth-order valence-corrected chi connectivity index (χ4v) is 2.98. The van der Waals surface area contributed by atoms with Crippen LogP contribution in [0.5, 0.6) is 11.5 Å². The minimum atomic E-state index is 0.279. The van der Waals surface area contributed by atoms with Gasteiger partial charge in [-0.15, -0.1) is 0 Å². The van der Waals surface area contributed by atoms with Crippen LogP contribution in [0.3, 0.4) is 0 Å². The molecular weight excluding hydrogens is 342 g/mol. The first kappa shape index (κ1) is 13.6. The summed E-state index contributed by atoms with van der Waals surface area (Å²) in [4.78, 5) is 0. The maximum atomic E-state index is 5.95. The van der Waals surface area contributed by atoms with Gasteiger partial charge in [-0.1, -0.05) is 11.6 Å². The Hall–Kier alpha value is -1.39. The van der Waals surface area contributed by atoms with E-state index in [1.54, 1.807) is 0 Å². The predicted molar refractivity (Wildman–Crippen MR) is 83.8 cm³/mol. The number of fused-ring (bicyclic) bond motifs is 1. The molecule has 1 aliphatic heterocycles. The Morgan fingerprint density at radius 2 is 2.10 bits per heavy atom. The topological polar surface area (TPSA) is 30.5 Å². The molecule has 1 heterocycles. The maximum absolute atomic E-state index is 5.95. The van der Waals surface area contributed by atoms with E-state index in [0.717, 1.165) is 37.8 Å². The second-order valence-corrected chi connectivity index (χ2v) is 5.91. The molecule has 2 aromatic rings. The van der Waals surface area contributed by atoms with E-state index in [-0.39, 0.29) is 6.79 Å². The molecule has 1 aliphatic rings. The van der Waals surface area contributed by atoms with Gasteiger partial charge < -0.3 is 14.8 Å². The summed E-state index contributed by atoms with van der Waals surface area (Å²) in [6, 6.07) is 9.84. The molecule has 0 fully saturated rings. The second kappa shape index (κ2) is 5.54. The fourth-order valence-electron chi connectivity index (χ4n) is 2.15. The first-order valence-corrected chi connectivity index (χ1v) is 7.38. The molecule has 0 radical (unpaired) electrons. The highest BCUT2D eigenvalue weighted by Crippen LogP contribution is 2.40. The number of hydrogen-bond acceptors (Lipinski definition) is 3. The van der Waals surface area contributed by atoms with Crippen molar-refractivity contribution in [1.82, 2.24) is 0 Å². The Kier molecular flexibility index (Phi) is 3.76. The van der Waals surface area contributed by atoms with Crippen molar-refractivity contribution < 1.29 is 9.47 Å². The van der Waals surface area contributed by atoms with Crippen molar-refractivity contribution in [1.29, 1.82) is 0 Å². The van der Waals surface area contributed by atoms with Crippen LogP contribution >= 0.6 is 27.5 Å². The van der Waals surface area contributed by atoms with Crippen LogP contribution in [-0.2, 0) is 6.54 Å². The molecule has 0 unspecified atom stereocenters. The molecule has 0 saturated heterocycles. The molecule has 2 aromatic carbocycles. The highest BCUT2D eigenvalue weighted by molar-refractivity contribution is 9.10. The second-order valence-electron chi connectivity index (χ2n) is 4.62. The average molecular weight is 355 g/mol. The van der Waals surface area contributed by atoms with Crippen molar-refractivity contribution in [2.45, 2.75) is 13.5 Å². The first-order chi connectivity index (χ1) is 9.63. The number of benzene rings is 2. The predicted octanol–water partition coefficient (Wildman–Crippen LogP) is 4.75. The summed E-state index contributed by atoms with van der Waals surface area (Å²) in [5, 5.41) is 4.15. The summed E-state index contributed by atoms with van der Waals surface area (Å²) in [6.07, 6.45) is 0. The van der Waals surface area contributed by atoms with Crippen LogP contribution in [-0.4, -0.2) is 6.79 Å². The molecule has 20 heavy (non-hydrogen) atoms. The molecule has 0 atom stereocenters. The van der Waals surface area contributed by atoms with Gasteiger partial charge in [0, 0.05) is 17.3 Å². The summed E-state index contributed by atoms with van der Waals surface area (Å²) in [6.45, 7) is 3.02. The summed E-state index contributed by atoms with van der Waals surface area (Å²) < 4.78 is 11.7.